The molecule has 5 rings (SSSR count). The van der Waals surface area contributed by atoms with Crippen molar-refractivity contribution in [2.24, 2.45) is 21.4 Å². The standard InChI is InChI=1S/C24H30IN5O2/c1-15(19-11-22(31)26-13-19)32-23-24(2)14-29(3)28-21(24)12-20(27-23)18-5-4-16-6-8-30(25)9-7-17(16)10-18/h4-5,10,12,15,19H,6-9,11,13-14H2,1-3H3,(H,26,31)/t15-,19-,24?/m1/s1. The van der Waals surface area contributed by atoms with E-state index in [1.807, 2.05) is 19.0 Å². The van der Waals surface area contributed by atoms with E-state index < -0.39 is 0 Å². The van der Waals surface area contributed by atoms with E-state index in [0.29, 0.717) is 18.9 Å². The molecular formula is C24H30IN5O2. The van der Waals surface area contributed by atoms with E-state index in [2.05, 4.69) is 62.5 Å². The predicted molar refractivity (Wildman–Crippen MR) is 135 cm³/mol. The van der Waals surface area contributed by atoms with Gasteiger partial charge in [0.05, 0.1) is 18.0 Å². The van der Waals surface area contributed by atoms with Crippen LogP contribution in [-0.4, -0.2) is 65.0 Å². The summed E-state index contributed by atoms with van der Waals surface area (Å²) < 4.78 is 8.85. The Morgan fingerprint density at radius 2 is 2.06 bits per heavy atom. The molecular weight excluding hydrogens is 517 g/mol. The van der Waals surface area contributed by atoms with Gasteiger partial charge in [-0.2, -0.15) is 5.10 Å². The number of hydrogen-bond acceptors (Lipinski definition) is 6. The van der Waals surface area contributed by atoms with E-state index >= 15 is 0 Å². The Hall–Kier alpha value is -1.94. The van der Waals surface area contributed by atoms with Crippen molar-refractivity contribution in [1.29, 1.82) is 0 Å². The molecule has 1 saturated heterocycles. The normalized spacial score (nSPS) is 28.8. The molecule has 0 saturated carbocycles. The smallest absolute Gasteiger partial charge is 0.220 e. The third-order valence-electron chi connectivity index (χ3n) is 7.08. The van der Waals surface area contributed by atoms with Crippen molar-refractivity contribution in [2.45, 2.75) is 39.2 Å². The summed E-state index contributed by atoms with van der Waals surface area (Å²) in [6.45, 7) is 7.74. The molecule has 1 unspecified atom stereocenters. The Kier molecular flexibility index (Phi) is 5.77. The maximum Gasteiger partial charge on any atom is 0.220 e. The number of carbonyl (C=O) groups is 1. The molecule has 1 aromatic rings. The minimum absolute atomic E-state index is 0.0979. The number of ether oxygens (including phenoxy) is 1. The van der Waals surface area contributed by atoms with Gasteiger partial charge in [0.15, 0.2) is 0 Å². The van der Waals surface area contributed by atoms with Gasteiger partial charge < -0.3 is 10.1 Å². The van der Waals surface area contributed by atoms with Crippen LogP contribution in [0.1, 0.15) is 37.0 Å². The highest BCUT2D eigenvalue weighted by Gasteiger charge is 2.46. The molecule has 1 amide bonds. The number of benzene rings is 1. The van der Waals surface area contributed by atoms with E-state index in [1.54, 1.807) is 0 Å². The second kappa shape index (κ2) is 8.44. The highest BCUT2D eigenvalue weighted by atomic mass is 127. The van der Waals surface area contributed by atoms with E-state index in [4.69, 9.17) is 14.8 Å². The quantitative estimate of drug-likeness (QED) is 0.467. The first-order chi connectivity index (χ1) is 15.3. The van der Waals surface area contributed by atoms with Gasteiger partial charge >= 0.3 is 0 Å². The molecule has 0 aliphatic carbocycles. The maximum absolute atomic E-state index is 11.7. The molecule has 32 heavy (non-hydrogen) atoms. The van der Waals surface area contributed by atoms with Crippen molar-refractivity contribution >= 4 is 46.1 Å². The van der Waals surface area contributed by atoms with Gasteiger partial charge in [-0.1, -0.05) is 12.1 Å². The van der Waals surface area contributed by atoms with Crippen LogP contribution in [0.2, 0.25) is 0 Å². The van der Waals surface area contributed by atoms with Crippen molar-refractivity contribution in [3.05, 3.63) is 41.0 Å². The average molecular weight is 547 g/mol. The molecule has 7 nitrogen and oxygen atoms in total. The molecule has 0 spiro atoms. The fourth-order valence-corrected chi connectivity index (χ4v) is 5.50. The van der Waals surface area contributed by atoms with Crippen LogP contribution in [0.25, 0.3) is 5.70 Å². The monoisotopic (exact) mass is 547 g/mol. The summed E-state index contributed by atoms with van der Waals surface area (Å²) in [7, 11) is 1.99. The molecule has 4 aliphatic rings. The molecule has 0 aromatic heterocycles. The number of carbonyl (C=O) groups excluding carboxylic acids is 1. The first-order valence-electron chi connectivity index (χ1n) is 11.4. The number of nitrogens with zero attached hydrogens (tertiary/aromatic N) is 4. The van der Waals surface area contributed by atoms with E-state index in [0.717, 1.165) is 49.4 Å². The molecule has 1 fully saturated rings. The highest BCUT2D eigenvalue weighted by Crippen LogP contribution is 2.38. The summed E-state index contributed by atoms with van der Waals surface area (Å²) >= 11 is 2.42. The van der Waals surface area contributed by atoms with Gasteiger partial charge in [-0.25, -0.2) is 8.11 Å². The van der Waals surface area contributed by atoms with Crippen LogP contribution < -0.4 is 5.32 Å². The zero-order valence-electron chi connectivity index (χ0n) is 18.9. The second-order valence-electron chi connectivity index (χ2n) is 9.56. The van der Waals surface area contributed by atoms with E-state index in [1.165, 1.54) is 11.1 Å². The summed E-state index contributed by atoms with van der Waals surface area (Å²) in [6.07, 6.45) is 4.65. The average Bonchev–Trinajstić information content (AvgIpc) is 3.26. The zero-order chi connectivity index (χ0) is 22.5. The molecule has 3 atom stereocenters. The number of amides is 1. The van der Waals surface area contributed by atoms with Crippen molar-refractivity contribution < 1.29 is 9.53 Å². The lowest BCUT2D eigenvalue weighted by Gasteiger charge is -2.32. The predicted octanol–water partition coefficient (Wildman–Crippen LogP) is 3.04. The molecule has 170 valence electrons. The molecule has 0 radical (unpaired) electrons. The molecule has 4 aliphatic heterocycles. The fraction of sp³-hybridized carbons (Fsp3) is 0.542. The molecule has 4 heterocycles. The number of halogens is 1. The molecule has 1 aromatic carbocycles. The number of allylic oxidation sites excluding steroid dienone is 1. The van der Waals surface area contributed by atoms with Gasteiger partial charge in [0, 0.05) is 67.4 Å². The summed E-state index contributed by atoms with van der Waals surface area (Å²) in [5, 5.41) is 9.66. The summed E-state index contributed by atoms with van der Waals surface area (Å²) in [6, 6.07) is 6.73. The Labute approximate surface area is 203 Å². The first kappa shape index (κ1) is 21.9. The van der Waals surface area contributed by atoms with Gasteiger partial charge in [-0.05, 0) is 50.0 Å². The minimum Gasteiger partial charge on any atom is -0.477 e. The van der Waals surface area contributed by atoms with Gasteiger partial charge in [-0.3, -0.25) is 9.80 Å². The lowest BCUT2D eigenvalue weighted by atomic mass is 9.82. The third kappa shape index (κ3) is 4.07. The van der Waals surface area contributed by atoms with Gasteiger partial charge in [-0.15, -0.1) is 0 Å². The minimum atomic E-state index is -0.379. The molecule has 0 bridgehead atoms. The Morgan fingerprint density at radius 3 is 2.81 bits per heavy atom. The number of aliphatic imine (C=N–C) groups is 1. The number of nitrogens with one attached hydrogen (secondary N) is 1. The summed E-state index contributed by atoms with van der Waals surface area (Å²) in [5.74, 6) is 0.963. The van der Waals surface area contributed by atoms with Crippen molar-refractivity contribution in [2.75, 3.05) is 33.2 Å². The maximum atomic E-state index is 11.7. The topological polar surface area (TPSA) is 69.5 Å². The first-order valence-corrected chi connectivity index (χ1v) is 12.4. The van der Waals surface area contributed by atoms with Crippen LogP contribution >= 0.6 is 22.9 Å². The van der Waals surface area contributed by atoms with Crippen LogP contribution in [-0.2, 0) is 22.4 Å². The number of hydrogen-bond donors (Lipinski definition) is 1. The number of fused-ring (bicyclic) bond motifs is 2. The largest absolute Gasteiger partial charge is 0.477 e. The Bertz CT molecular complexity index is 1040. The summed E-state index contributed by atoms with van der Waals surface area (Å²) in [5.41, 5.74) is 5.45. The van der Waals surface area contributed by atoms with E-state index in [9.17, 15) is 4.79 Å². The van der Waals surface area contributed by atoms with Crippen LogP contribution in [0.15, 0.2) is 34.4 Å². The Morgan fingerprint density at radius 1 is 1.28 bits per heavy atom. The highest BCUT2D eigenvalue weighted by molar-refractivity contribution is 14.1. The van der Waals surface area contributed by atoms with E-state index in [-0.39, 0.29) is 23.3 Å². The number of rotatable bonds is 3. The molecule has 1 N–H and O–H groups in total. The van der Waals surface area contributed by atoms with Crippen LogP contribution in [0.5, 0.6) is 0 Å². The summed E-state index contributed by atoms with van der Waals surface area (Å²) in [4.78, 5) is 16.8. The van der Waals surface area contributed by atoms with Crippen LogP contribution in [0.4, 0.5) is 0 Å². The lowest BCUT2D eigenvalue weighted by Crippen LogP contribution is -2.43. The van der Waals surface area contributed by atoms with Gasteiger partial charge in [0.25, 0.3) is 0 Å². The van der Waals surface area contributed by atoms with Crippen molar-refractivity contribution in [1.82, 2.24) is 13.4 Å². The molecule has 8 heteroatoms. The zero-order valence-corrected chi connectivity index (χ0v) is 21.1. The van der Waals surface area contributed by atoms with Crippen LogP contribution in [0.3, 0.4) is 0 Å². The second-order valence-corrected chi connectivity index (χ2v) is 10.9. The lowest BCUT2D eigenvalue weighted by molar-refractivity contribution is -0.119. The van der Waals surface area contributed by atoms with Gasteiger partial charge in [0.2, 0.25) is 11.8 Å². The SMILES string of the molecule is C[C@@H](OC1=NC(c2ccc3c(c2)CCN(I)CC3)=CC2=NN(C)CC21C)[C@H]1CNC(=O)C1. The third-order valence-corrected chi connectivity index (χ3v) is 8.04. The number of hydrazone groups is 1. The Balaban J connectivity index is 1.47. The van der Waals surface area contributed by atoms with Crippen molar-refractivity contribution in [3.8, 4) is 0 Å². The fourth-order valence-electron chi connectivity index (χ4n) is 5.02. The van der Waals surface area contributed by atoms with Crippen molar-refractivity contribution in [3.63, 3.8) is 0 Å². The van der Waals surface area contributed by atoms with Gasteiger partial charge in [0.1, 0.15) is 11.5 Å². The van der Waals surface area contributed by atoms with Crippen LogP contribution in [0, 0.1) is 11.3 Å².